The zero-order valence-electron chi connectivity index (χ0n) is 13.5. The second-order valence-electron chi connectivity index (χ2n) is 6.52. The van der Waals surface area contributed by atoms with Crippen LogP contribution in [0.25, 0.3) is 0 Å². The molecule has 2 aromatic heterocycles. The Morgan fingerprint density at radius 2 is 2.21 bits per heavy atom. The van der Waals surface area contributed by atoms with Gasteiger partial charge in [-0.25, -0.2) is 0 Å². The lowest BCUT2D eigenvalue weighted by molar-refractivity contribution is 0.0778. The predicted octanol–water partition coefficient (Wildman–Crippen LogP) is 2.73. The molecule has 2 fully saturated rings. The second kappa shape index (κ2) is 7.03. The van der Waals surface area contributed by atoms with Crippen LogP contribution in [0.1, 0.15) is 46.6 Å². The zero-order chi connectivity index (χ0) is 16.4. The minimum atomic E-state index is 0.142. The van der Waals surface area contributed by atoms with Crippen LogP contribution in [0.5, 0.6) is 0 Å². The Morgan fingerprint density at radius 1 is 1.33 bits per heavy atom. The number of carbonyl (C=O) groups is 1. The Hall–Kier alpha value is -1.73. The fraction of sp³-hybridized carbons (Fsp3) is 0.588. The van der Waals surface area contributed by atoms with Crippen molar-refractivity contribution in [1.29, 1.82) is 0 Å². The third-order valence-electron chi connectivity index (χ3n) is 4.83. The van der Waals surface area contributed by atoms with E-state index in [4.69, 9.17) is 9.26 Å². The van der Waals surface area contributed by atoms with Crippen LogP contribution in [0, 0.1) is 5.92 Å². The average molecular weight is 347 g/mol. The zero-order valence-corrected chi connectivity index (χ0v) is 14.3. The van der Waals surface area contributed by atoms with Gasteiger partial charge in [0.05, 0.1) is 4.88 Å². The first-order valence-corrected chi connectivity index (χ1v) is 9.40. The van der Waals surface area contributed by atoms with Crippen molar-refractivity contribution in [2.24, 2.45) is 5.92 Å². The molecule has 1 unspecified atom stereocenters. The number of hydrogen-bond donors (Lipinski definition) is 0. The SMILES string of the molecule is O=C(c1cccs1)N1CCC(Cc2noc(C3CCOCC3)n2)C1. The number of nitrogens with zero attached hydrogens (tertiary/aromatic N) is 3. The van der Waals surface area contributed by atoms with Crippen molar-refractivity contribution in [1.82, 2.24) is 15.0 Å². The van der Waals surface area contributed by atoms with E-state index < -0.39 is 0 Å². The van der Waals surface area contributed by atoms with E-state index in [1.54, 1.807) is 0 Å². The quantitative estimate of drug-likeness (QED) is 0.851. The van der Waals surface area contributed by atoms with Gasteiger partial charge in [0.2, 0.25) is 5.89 Å². The number of carbonyl (C=O) groups excluding carboxylic acids is 1. The molecule has 1 amide bonds. The standard InChI is InChI=1S/C17H21N3O3S/c21-17(14-2-1-9-24-14)20-6-3-12(11-20)10-15-18-16(23-19-15)13-4-7-22-8-5-13/h1-2,9,12-13H,3-8,10-11H2. The third kappa shape index (κ3) is 3.37. The van der Waals surface area contributed by atoms with Gasteiger partial charge in [-0.15, -0.1) is 11.3 Å². The van der Waals surface area contributed by atoms with Gasteiger partial charge in [-0.1, -0.05) is 11.2 Å². The summed E-state index contributed by atoms with van der Waals surface area (Å²) in [5.74, 6) is 2.41. The molecule has 4 heterocycles. The van der Waals surface area contributed by atoms with E-state index >= 15 is 0 Å². The molecule has 0 bridgehead atoms. The summed E-state index contributed by atoms with van der Waals surface area (Å²) in [6, 6.07) is 3.81. The molecule has 0 aliphatic carbocycles. The van der Waals surface area contributed by atoms with Crippen LogP contribution in [0.2, 0.25) is 0 Å². The molecule has 0 aromatic carbocycles. The van der Waals surface area contributed by atoms with Gasteiger partial charge in [0.25, 0.3) is 5.91 Å². The number of rotatable bonds is 4. The van der Waals surface area contributed by atoms with E-state index in [0.717, 1.165) is 68.6 Å². The largest absolute Gasteiger partial charge is 0.381 e. The number of hydrogen-bond acceptors (Lipinski definition) is 6. The van der Waals surface area contributed by atoms with Crippen molar-refractivity contribution in [2.45, 2.75) is 31.6 Å². The smallest absolute Gasteiger partial charge is 0.263 e. The molecule has 2 saturated heterocycles. The minimum absolute atomic E-state index is 0.142. The molecule has 2 aliphatic rings. The van der Waals surface area contributed by atoms with Crippen LogP contribution < -0.4 is 0 Å². The van der Waals surface area contributed by atoms with Crippen LogP contribution in [0.15, 0.2) is 22.0 Å². The molecular weight excluding hydrogens is 326 g/mol. The maximum atomic E-state index is 12.4. The van der Waals surface area contributed by atoms with Crippen LogP contribution in [0.3, 0.4) is 0 Å². The highest BCUT2D eigenvalue weighted by Gasteiger charge is 2.29. The van der Waals surface area contributed by atoms with Crippen LogP contribution in [-0.2, 0) is 11.2 Å². The lowest BCUT2D eigenvalue weighted by Gasteiger charge is -2.18. The minimum Gasteiger partial charge on any atom is -0.381 e. The second-order valence-corrected chi connectivity index (χ2v) is 7.47. The molecule has 128 valence electrons. The molecule has 0 N–H and O–H groups in total. The predicted molar refractivity (Wildman–Crippen MR) is 89.1 cm³/mol. The third-order valence-corrected chi connectivity index (χ3v) is 5.69. The Morgan fingerprint density at radius 3 is 3.00 bits per heavy atom. The monoisotopic (exact) mass is 347 g/mol. The van der Waals surface area contributed by atoms with E-state index in [1.807, 2.05) is 22.4 Å². The highest BCUT2D eigenvalue weighted by molar-refractivity contribution is 7.12. The first-order valence-electron chi connectivity index (χ1n) is 8.52. The van der Waals surface area contributed by atoms with Gasteiger partial charge in [-0.05, 0) is 36.6 Å². The summed E-state index contributed by atoms with van der Waals surface area (Å²) in [7, 11) is 0. The summed E-state index contributed by atoms with van der Waals surface area (Å²) in [6.45, 7) is 3.12. The molecule has 0 spiro atoms. The number of aromatic nitrogens is 2. The van der Waals surface area contributed by atoms with E-state index in [1.165, 1.54) is 11.3 Å². The van der Waals surface area contributed by atoms with Gasteiger partial charge in [-0.3, -0.25) is 4.79 Å². The van der Waals surface area contributed by atoms with E-state index in [-0.39, 0.29) is 5.91 Å². The van der Waals surface area contributed by atoms with E-state index in [2.05, 4.69) is 10.1 Å². The van der Waals surface area contributed by atoms with Crippen LogP contribution in [0.4, 0.5) is 0 Å². The lowest BCUT2D eigenvalue weighted by Crippen LogP contribution is -2.28. The molecule has 2 aliphatic heterocycles. The Labute approximate surface area is 144 Å². The number of thiophene rings is 1. The number of likely N-dealkylation sites (tertiary alicyclic amines) is 1. The van der Waals surface area contributed by atoms with E-state index in [9.17, 15) is 4.79 Å². The first-order chi connectivity index (χ1) is 11.8. The molecule has 7 heteroatoms. The maximum absolute atomic E-state index is 12.4. The first kappa shape index (κ1) is 15.8. The topological polar surface area (TPSA) is 68.5 Å². The summed E-state index contributed by atoms with van der Waals surface area (Å²) in [5, 5.41) is 6.09. The normalized spacial score (nSPS) is 22.2. The van der Waals surface area contributed by atoms with Crippen molar-refractivity contribution >= 4 is 17.2 Å². The number of ether oxygens (including phenoxy) is 1. The van der Waals surface area contributed by atoms with Crippen molar-refractivity contribution in [3.63, 3.8) is 0 Å². The summed E-state index contributed by atoms with van der Waals surface area (Å²) in [4.78, 5) is 19.7. The molecule has 4 rings (SSSR count). The van der Waals surface area contributed by atoms with Gasteiger partial charge >= 0.3 is 0 Å². The molecule has 0 radical (unpaired) electrons. The van der Waals surface area contributed by atoms with Crippen LogP contribution >= 0.6 is 11.3 Å². The van der Waals surface area contributed by atoms with Gasteiger partial charge < -0.3 is 14.2 Å². The summed E-state index contributed by atoms with van der Waals surface area (Å²) >= 11 is 1.50. The van der Waals surface area contributed by atoms with E-state index in [0.29, 0.717) is 11.8 Å². The van der Waals surface area contributed by atoms with Crippen molar-refractivity contribution in [3.05, 3.63) is 34.1 Å². The molecule has 6 nitrogen and oxygen atoms in total. The lowest BCUT2D eigenvalue weighted by atomic mass is 10.0. The summed E-state index contributed by atoms with van der Waals surface area (Å²) in [5.41, 5.74) is 0. The maximum Gasteiger partial charge on any atom is 0.263 e. The van der Waals surface area contributed by atoms with Crippen molar-refractivity contribution in [2.75, 3.05) is 26.3 Å². The Bertz CT molecular complexity index is 679. The summed E-state index contributed by atoms with van der Waals surface area (Å²) < 4.78 is 10.8. The highest BCUT2D eigenvalue weighted by Crippen LogP contribution is 2.27. The van der Waals surface area contributed by atoms with Gasteiger partial charge in [0, 0.05) is 38.6 Å². The number of amides is 1. The molecule has 24 heavy (non-hydrogen) atoms. The Balaban J connectivity index is 1.33. The fourth-order valence-corrected chi connectivity index (χ4v) is 4.15. The van der Waals surface area contributed by atoms with Crippen molar-refractivity contribution in [3.8, 4) is 0 Å². The fourth-order valence-electron chi connectivity index (χ4n) is 3.46. The highest BCUT2D eigenvalue weighted by atomic mass is 32.1. The van der Waals surface area contributed by atoms with Gasteiger partial charge in [0.15, 0.2) is 5.82 Å². The van der Waals surface area contributed by atoms with Crippen molar-refractivity contribution < 1.29 is 14.1 Å². The molecule has 2 aromatic rings. The molecule has 0 saturated carbocycles. The average Bonchev–Trinajstić information content (AvgIpc) is 3.37. The van der Waals surface area contributed by atoms with Crippen LogP contribution in [-0.4, -0.2) is 47.3 Å². The molecular formula is C17H21N3O3S. The van der Waals surface area contributed by atoms with Gasteiger partial charge in [0.1, 0.15) is 0 Å². The summed E-state index contributed by atoms with van der Waals surface area (Å²) in [6.07, 6.45) is 3.68. The van der Waals surface area contributed by atoms with Gasteiger partial charge in [-0.2, -0.15) is 4.98 Å². The molecule has 1 atom stereocenters. The Kier molecular flexibility index (Phi) is 4.62.